The van der Waals surface area contributed by atoms with E-state index in [-0.39, 0.29) is 0 Å². The summed E-state index contributed by atoms with van der Waals surface area (Å²) in [5, 5.41) is 0. The fourth-order valence-electron chi connectivity index (χ4n) is 2.94. The summed E-state index contributed by atoms with van der Waals surface area (Å²) in [6.45, 7) is 2.86. The second-order valence-corrected chi connectivity index (χ2v) is 4.58. The molecule has 76 valence electrons. The molecule has 0 aromatic heterocycles. The second-order valence-electron chi connectivity index (χ2n) is 4.58. The van der Waals surface area contributed by atoms with E-state index in [9.17, 15) is 0 Å². The summed E-state index contributed by atoms with van der Waals surface area (Å²) in [4.78, 5) is 0. The van der Waals surface area contributed by atoms with Crippen LogP contribution in [0.2, 0.25) is 0 Å². The van der Waals surface area contributed by atoms with E-state index in [1.165, 1.54) is 32.1 Å². The summed E-state index contributed by atoms with van der Waals surface area (Å²) in [6.07, 6.45) is 7.00. The van der Waals surface area contributed by atoms with Gasteiger partial charge in [0.05, 0.1) is 13.2 Å². The monoisotopic (exact) mass is 183 g/mol. The number of ether oxygens (including phenoxy) is 1. The molecule has 2 nitrogen and oxygen atoms in total. The molecule has 0 bridgehead atoms. The molecule has 1 aliphatic carbocycles. The highest BCUT2D eigenvalue weighted by molar-refractivity contribution is 4.83. The summed E-state index contributed by atoms with van der Waals surface area (Å²) >= 11 is 0. The zero-order chi connectivity index (χ0) is 9.10. The minimum absolute atomic E-state index is 0.839. The molecule has 2 rings (SSSR count). The number of rotatable bonds is 4. The van der Waals surface area contributed by atoms with Crippen LogP contribution < -0.4 is 5.73 Å². The molecule has 1 aliphatic heterocycles. The molecule has 1 heterocycles. The van der Waals surface area contributed by atoms with Gasteiger partial charge in [0.15, 0.2) is 0 Å². The Bertz CT molecular complexity index is 150. The third-order valence-corrected chi connectivity index (χ3v) is 3.77. The van der Waals surface area contributed by atoms with Crippen molar-refractivity contribution < 1.29 is 4.74 Å². The van der Waals surface area contributed by atoms with Gasteiger partial charge in [-0.05, 0) is 24.8 Å². The van der Waals surface area contributed by atoms with Gasteiger partial charge in [0, 0.05) is 5.92 Å². The highest BCUT2D eigenvalue weighted by Crippen LogP contribution is 2.39. The van der Waals surface area contributed by atoms with E-state index in [4.69, 9.17) is 10.5 Å². The van der Waals surface area contributed by atoms with Crippen LogP contribution in [-0.2, 0) is 4.74 Å². The standard InChI is InChI=1S/C11H21NO/c12-6-5-11(10-7-13-8-10)9-3-1-2-4-9/h9-11H,1-8,12H2. The highest BCUT2D eigenvalue weighted by atomic mass is 16.5. The third-order valence-electron chi connectivity index (χ3n) is 3.77. The average molecular weight is 183 g/mol. The van der Waals surface area contributed by atoms with Crippen LogP contribution in [0.15, 0.2) is 0 Å². The third kappa shape index (κ3) is 2.05. The maximum atomic E-state index is 5.67. The lowest BCUT2D eigenvalue weighted by Crippen LogP contribution is -2.38. The van der Waals surface area contributed by atoms with E-state index >= 15 is 0 Å². The van der Waals surface area contributed by atoms with Crippen molar-refractivity contribution in [1.29, 1.82) is 0 Å². The molecule has 2 aliphatic rings. The number of hydrogen-bond donors (Lipinski definition) is 1. The largest absolute Gasteiger partial charge is 0.381 e. The normalized spacial score (nSPS) is 27.5. The fourth-order valence-corrected chi connectivity index (χ4v) is 2.94. The van der Waals surface area contributed by atoms with Gasteiger partial charge < -0.3 is 10.5 Å². The van der Waals surface area contributed by atoms with Gasteiger partial charge in [-0.15, -0.1) is 0 Å². The topological polar surface area (TPSA) is 35.2 Å². The van der Waals surface area contributed by atoms with Gasteiger partial charge in [-0.3, -0.25) is 0 Å². The zero-order valence-electron chi connectivity index (χ0n) is 8.37. The van der Waals surface area contributed by atoms with Crippen molar-refractivity contribution in [1.82, 2.24) is 0 Å². The molecule has 1 saturated carbocycles. The van der Waals surface area contributed by atoms with Gasteiger partial charge in [-0.25, -0.2) is 0 Å². The first kappa shape index (κ1) is 9.47. The Hall–Kier alpha value is -0.0800. The molecule has 1 saturated heterocycles. The van der Waals surface area contributed by atoms with Gasteiger partial charge in [0.25, 0.3) is 0 Å². The van der Waals surface area contributed by atoms with E-state index < -0.39 is 0 Å². The molecule has 0 spiro atoms. The summed E-state index contributed by atoms with van der Waals surface area (Å²) in [6, 6.07) is 0. The highest BCUT2D eigenvalue weighted by Gasteiger charge is 2.34. The van der Waals surface area contributed by atoms with Crippen molar-refractivity contribution in [3.05, 3.63) is 0 Å². The van der Waals surface area contributed by atoms with Crippen LogP contribution in [0.25, 0.3) is 0 Å². The van der Waals surface area contributed by atoms with Crippen LogP contribution in [-0.4, -0.2) is 19.8 Å². The molecular formula is C11H21NO. The Balaban J connectivity index is 1.86. The minimum Gasteiger partial charge on any atom is -0.381 e. The van der Waals surface area contributed by atoms with Crippen LogP contribution >= 0.6 is 0 Å². The lowest BCUT2D eigenvalue weighted by Gasteiger charge is -2.37. The minimum atomic E-state index is 0.839. The Labute approximate surface area is 80.8 Å². The second kappa shape index (κ2) is 4.43. The van der Waals surface area contributed by atoms with Crippen molar-refractivity contribution in [2.24, 2.45) is 23.5 Å². The SMILES string of the molecule is NCCC(C1CCCC1)C1COC1. The van der Waals surface area contributed by atoms with Gasteiger partial charge in [0.2, 0.25) is 0 Å². The summed E-state index contributed by atoms with van der Waals surface area (Å²) in [5.74, 6) is 2.69. The Morgan fingerprint density at radius 2 is 1.85 bits per heavy atom. The molecule has 1 atom stereocenters. The van der Waals surface area contributed by atoms with Crippen molar-refractivity contribution in [3.8, 4) is 0 Å². The van der Waals surface area contributed by atoms with Crippen LogP contribution in [0.5, 0.6) is 0 Å². The lowest BCUT2D eigenvalue weighted by atomic mass is 9.77. The van der Waals surface area contributed by atoms with E-state index in [0.29, 0.717) is 0 Å². The first-order valence-electron chi connectivity index (χ1n) is 5.69. The van der Waals surface area contributed by atoms with Gasteiger partial charge in [-0.2, -0.15) is 0 Å². The predicted molar refractivity (Wildman–Crippen MR) is 53.4 cm³/mol. The first-order chi connectivity index (χ1) is 6.42. The average Bonchev–Trinajstić information content (AvgIpc) is 2.51. The van der Waals surface area contributed by atoms with Crippen molar-refractivity contribution >= 4 is 0 Å². The molecule has 0 aromatic carbocycles. The number of nitrogens with two attached hydrogens (primary N) is 1. The van der Waals surface area contributed by atoms with E-state index in [1.807, 2.05) is 0 Å². The molecule has 0 aromatic rings. The van der Waals surface area contributed by atoms with Gasteiger partial charge in [-0.1, -0.05) is 25.7 Å². The molecule has 2 heteroatoms. The van der Waals surface area contributed by atoms with Gasteiger partial charge in [0.1, 0.15) is 0 Å². The molecule has 2 fully saturated rings. The Kier molecular flexibility index (Phi) is 3.23. The van der Waals surface area contributed by atoms with Crippen molar-refractivity contribution in [3.63, 3.8) is 0 Å². The summed E-state index contributed by atoms with van der Waals surface area (Å²) in [7, 11) is 0. The van der Waals surface area contributed by atoms with Crippen LogP contribution in [0.4, 0.5) is 0 Å². The Morgan fingerprint density at radius 1 is 1.15 bits per heavy atom. The fraction of sp³-hybridized carbons (Fsp3) is 1.00. The molecule has 2 N–H and O–H groups in total. The van der Waals surface area contributed by atoms with E-state index in [0.717, 1.165) is 37.5 Å². The summed E-state index contributed by atoms with van der Waals surface area (Å²) in [5.41, 5.74) is 5.67. The van der Waals surface area contributed by atoms with Crippen molar-refractivity contribution in [2.75, 3.05) is 19.8 Å². The number of hydrogen-bond acceptors (Lipinski definition) is 2. The smallest absolute Gasteiger partial charge is 0.0519 e. The zero-order valence-corrected chi connectivity index (χ0v) is 8.37. The molecular weight excluding hydrogens is 162 g/mol. The van der Waals surface area contributed by atoms with Gasteiger partial charge >= 0.3 is 0 Å². The molecule has 1 unspecified atom stereocenters. The molecule has 0 amide bonds. The molecule has 13 heavy (non-hydrogen) atoms. The lowest BCUT2D eigenvalue weighted by molar-refractivity contribution is -0.0741. The van der Waals surface area contributed by atoms with Crippen LogP contribution in [0, 0.1) is 17.8 Å². The van der Waals surface area contributed by atoms with Crippen LogP contribution in [0.3, 0.4) is 0 Å². The first-order valence-corrected chi connectivity index (χ1v) is 5.69. The Morgan fingerprint density at radius 3 is 2.31 bits per heavy atom. The summed E-state index contributed by atoms with van der Waals surface area (Å²) < 4.78 is 5.28. The maximum absolute atomic E-state index is 5.67. The molecule has 0 radical (unpaired) electrons. The predicted octanol–water partition coefficient (Wildman–Crippen LogP) is 1.79. The van der Waals surface area contributed by atoms with E-state index in [1.54, 1.807) is 0 Å². The quantitative estimate of drug-likeness (QED) is 0.721. The van der Waals surface area contributed by atoms with Crippen LogP contribution in [0.1, 0.15) is 32.1 Å². The maximum Gasteiger partial charge on any atom is 0.0519 e. The van der Waals surface area contributed by atoms with Crippen molar-refractivity contribution in [2.45, 2.75) is 32.1 Å². The van der Waals surface area contributed by atoms with E-state index in [2.05, 4.69) is 0 Å².